The van der Waals surface area contributed by atoms with Crippen LogP contribution in [0.15, 0.2) is 30.3 Å². The lowest BCUT2D eigenvalue weighted by Crippen LogP contribution is -2.40. The van der Waals surface area contributed by atoms with Crippen LogP contribution in [0, 0.1) is 6.92 Å². The average Bonchev–Trinajstić information content (AvgIpc) is 3.14. The van der Waals surface area contributed by atoms with Crippen LogP contribution in [0.1, 0.15) is 49.4 Å². The summed E-state index contributed by atoms with van der Waals surface area (Å²) in [6.45, 7) is 8.97. The molecule has 0 unspecified atom stereocenters. The Morgan fingerprint density at radius 3 is 2.16 bits per heavy atom. The number of hydrogen-bond donors (Lipinski definition) is 0. The number of nitrogens with zero attached hydrogens (tertiary/aromatic N) is 4. The van der Waals surface area contributed by atoms with Gasteiger partial charge in [-0.2, -0.15) is 5.10 Å². The van der Waals surface area contributed by atoms with Gasteiger partial charge in [0.05, 0.1) is 11.4 Å². The Hall–Kier alpha value is -2.06. The summed E-state index contributed by atoms with van der Waals surface area (Å²) >= 11 is 0. The van der Waals surface area contributed by atoms with Crippen molar-refractivity contribution in [3.8, 4) is 11.4 Å². The molecule has 1 aromatic heterocycles. The van der Waals surface area contributed by atoms with E-state index >= 15 is 0 Å². The number of halogens is 3. The second-order valence-corrected chi connectivity index (χ2v) is 8.68. The molecule has 3 heterocycles. The van der Waals surface area contributed by atoms with Gasteiger partial charge in [-0.05, 0) is 89.1 Å². The summed E-state index contributed by atoms with van der Waals surface area (Å²) < 4.78 is 42.8. The summed E-state index contributed by atoms with van der Waals surface area (Å²) in [6.07, 6.45) is 1.55. The van der Waals surface area contributed by atoms with Gasteiger partial charge in [0.1, 0.15) is 5.75 Å². The Morgan fingerprint density at radius 1 is 0.935 bits per heavy atom. The summed E-state index contributed by atoms with van der Waals surface area (Å²) in [5.74, 6) is 0.206. The Balaban J connectivity index is 1.32. The van der Waals surface area contributed by atoms with Crippen molar-refractivity contribution in [2.45, 2.75) is 51.3 Å². The first-order valence-corrected chi connectivity index (χ1v) is 11.2. The summed E-state index contributed by atoms with van der Waals surface area (Å²) in [5.41, 5.74) is 2.79. The highest BCUT2D eigenvalue weighted by Crippen LogP contribution is 2.29. The van der Waals surface area contributed by atoms with E-state index in [1.54, 1.807) is 16.8 Å². The summed E-state index contributed by atoms with van der Waals surface area (Å²) in [5, 5.41) is 4.78. The third-order valence-corrected chi connectivity index (χ3v) is 6.41. The second-order valence-electron chi connectivity index (χ2n) is 8.68. The molecule has 2 fully saturated rings. The van der Waals surface area contributed by atoms with E-state index in [0.29, 0.717) is 5.92 Å². The Kier molecular flexibility index (Phi) is 6.86. The first kappa shape index (κ1) is 22.1. The molecule has 31 heavy (non-hydrogen) atoms. The fourth-order valence-corrected chi connectivity index (χ4v) is 4.67. The number of likely N-dealkylation sites (tertiary alicyclic amines) is 2. The van der Waals surface area contributed by atoms with Crippen LogP contribution in [0.2, 0.25) is 0 Å². The number of rotatable bonds is 6. The number of aryl methyl sites for hydroxylation is 1. The standard InChI is InChI=1S/C23H31F3N4O/c1-18-17-22(27-30(18)20-5-7-21(8-6-20)31-23(24,25)26)19-9-13-29(14-10-19)16-15-28-11-3-2-4-12-28/h5-8,17,19H,2-4,9-16H2,1H3. The van der Waals surface area contributed by atoms with Crippen molar-refractivity contribution in [3.63, 3.8) is 0 Å². The topological polar surface area (TPSA) is 33.5 Å². The van der Waals surface area contributed by atoms with Gasteiger partial charge in [0.25, 0.3) is 0 Å². The minimum absolute atomic E-state index is 0.224. The molecule has 0 bridgehead atoms. The highest BCUT2D eigenvalue weighted by Gasteiger charge is 2.31. The molecule has 4 rings (SSSR count). The van der Waals surface area contributed by atoms with E-state index in [1.807, 2.05) is 6.92 Å². The lowest BCUT2D eigenvalue weighted by atomic mass is 9.93. The van der Waals surface area contributed by atoms with Gasteiger partial charge in [0.2, 0.25) is 0 Å². The second kappa shape index (κ2) is 9.61. The van der Waals surface area contributed by atoms with Gasteiger partial charge in [-0.1, -0.05) is 6.42 Å². The van der Waals surface area contributed by atoms with Gasteiger partial charge in [0, 0.05) is 24.7 Å². The van der Waals surface area contributed by atoms with E-state index in [4.69, 9.17) is 5.10 Å². The Bertz CT molecular complexity index is 835. The van der Waals surface area contributed by atoms with Crippen molar-refractivity contribution in [2.75, 3.05) is 39.3 Å². The van der Waals surface area contributed by atoms with Crippen molar-refractivity contribution >= 4 is 0 Å². The zero-order valence-electron chi connectivity index (χ0n) is 18.1. The molecule has 2 aromatic rings. The van der Waals surface area contributed by atoms with Crippen LogP contribution < -0.4 is 4.74 Å². The number of hydrogen-bond acceptors (Lipinski definition) is 4. The number of piperidine rings is 2. The SMILES string of the molecule is Cc1cc(C2CCN(CCN3CCCCC3)CC2)nn1-c1ccc(OC(F)(F)F)cc1. The number of benzene rings is 1. The number of alkyl halides is 3. The first-order chi connectivity index (χ1) is 14.9. The van der Waals surface area contributed by atoms with E-state index in [1.165, 1.54) is 51.0 Å². The quantitative estimate of drug-likeness (QED) is 0.655. The van der Waals surface area contributed by atoms with Crippen molar-refractivity contribution in [1.82, 2.24) is 19.6 Å². The maximum absolute atomic E-state index is 12.4. The van der Waals surface area contributed by atoms with Gasteiger partial charge in [0.15, 0.2) is 0 Å². The van der Waals surface area contributed by atoms with E-state index in [0.717, 1.165) is 49.6 Å². The Labute approximate surface area is 181 Å². The molecule has 0 saturated carbocycles. The Morgan fingerprint density at radius 2 is 1.55 bits per heavy atom. The van der Waals surface area contributed by atoms with E-state index in [2.05, 4.69) is 20.6 Å². The zero-order valence-corrected chi connectivity index (χ0v) is 18.1. The molecule has 170 valence electrons. The number of aromatic nitrogens is 2. The maximum Gasteiger partial charge on any atom is 0.573 e. The van der Waals surface area contributed by atoms with Gasteiger partial charge in [-0.25, -0.2) is 4.68 Å². The lowest BCUT2D eigenvalue weighted by Gasteiger charge is -2.34. The van der Waals surface area contributed by atoms with E-state index in [-0.39, 0.29) is 5.75 Å². The molecule has 5 nitrogen and oxygen atoms in total. The van der Waals surface area contributed by atoms with Gasteiger partial charge < -0.3 is 14.5 Å². The maximum atomic E-state index is 12.4. The predicted octanol–water partition coefficient (Wildman–Crippen LogP) is 4.74. The van der Waals surface area contributed by atoms with Crippen LogP contribution in [-0.2, 0) is 0 Å². The minimum atomic E-state index is -4.68. The van der Waals surface area contributed by atoms with Crippen molar-refractivity contribution < 1.29 is 17.9 Å². The smallest absolute Gasteiger partial charge is 0.406 e. The van der Waals surface area contributed by atoms with Crippen LogP contribution in [0.3, 0.4) is 0 Å². The van der Waals surface area contributed by atoms with Crippen molar-refractivity contribution in [1.29, 1.82) is 0 Å². The molecule has 0 atom stereocenters. The molecule has 0 spiro atoms. The molecular formula is C23H31F3N4O. The van der Waals surface area contributed by atoms with Crippen LogP contribution in [0.5, 0.6) is 5.75 Å². The lowest BCUT2D eigenvalue weighted by molar-refractivity contribution is -0.274. The third-order valence-electron chi connectivity index (χ3n) is 6.41. The van der Waals surface area contributed by atoms with Crippen LogP contribution in [0.4, 0.5) is 13.2 Å². The minimum Gasteiger partial charge on any atom is -0.406 e. The predicted molar refractivity (Wildman–Crippen MR) is 114 cm³/mol. The molecule has 0 radical (unpaired) electrons. The zero-order chi connectivity index (χ0) is 21.8. The molecule has 2 aliphatic heterocycles. The first-order valence-electron chi connectivity index (χ1n) is 11.2. The van der Waals surface area contributed by atoms with Crippen LogP contribution >= 0.6 is 0 Å². The van der Waals surface area contributed by atoms with Crippen LogP contribution in [0.25, 0.3) is 5.69 Å². The summed E-state index contributed by atoms with van der Waals surface area (Å²) in [4.78, 5) is 5.15. The fourth-order valence-electron chi connectivity index (χ4n) is 4.67. The fraction of sp³-hybridized carbons (Fsp3) is 0.609. The highest BCUT2D eigenvalue weighted by atomic mass is 19.4. The number of ether oxygens (including phenoxy) is 1. The molecule has 2 saturated heterocycles. The van der Waals surface area contributed by atoms with Gasteiger partial charge in [-0.3, -0.25) is 0 Å². The molecule has 2 aliphatic rings. The molecule has 8 heteroatoms. The molecule has 1 aromatic carbocycles. The van der Waals surface area contributed by atoms with Gasteiger partial charge in [-0.15, -0.1) is 13.2 Å². The highest BCUT2D eigenvalue weighted by molar-refractivity contribution is 5.38. The monoisotopic (exact) mass is 436 g/mol. The molecule has 0 aliphatic carbocycles. The largest absolute Gasteiger partial charge is 0.573 e. The molecule has 0 N–H and O–H groups in total. The summed E-state index contributed by atoms with van der Waals surface area (Å²) in [6, 6.07) is 7.96. The third kappa shape index (κ3) is 6.01. The molecule has 0 amide bonds. The van der Waals surface area contributed by atoms with Crippen molar-refractivity contribution in [2.24, 2.45) is 0 Å². The van der Waals surface area contributed by atoms with Gasteiger partial charge >= 0.3 is 6.36 Å². The van der Waals surface area contributed by atoms with E-state index in [9.17, 15) is 13.2 Å². The molecular weight excluding hydrogens is 405 g/mol. The van der Waals surface area contributed by atoms with E-state index < -0.39 is 6.36 Å². The summed E-state index contributed by atoms with van der Waals surface area (Å²) in [7, 11) is 0. The van der Waals surface area contributed by atoms with Crippen molar-refractivity contribution in [3.05, 3.63) is 41.7 Å². The van der Waals surface area contributed by atoms with Crippen LogP contribution in [-0.4, -0.2) is 65.2 Å². The normalized spacial score (nSPS) is 19.6. The average molecular weight is 437 g/mol.